The van der Waals surface area contributed by atoms with E-state index < -0.39 is 0 Å². The van der Waals surface area contributed by atoms with Gasteiger partial charge in [0.05, 0.1) is 5.69 Å². The van der Waals surface area contributed by atoms with Crippen molar-refractivity contribution in [1.82, 2.24) is 4.98 Å². The molecule has 1 aliphatic carbocycles. The topological polar surface area (TPSA) is 12.9 Å². The molecule has 7 rings (SSSR count). The summed E-state index contributed by atoms with van der Waals surface area (Å²) >= 11 is 0. The van der Waals surface area contributed by atoms with Crippen LogP contribution in [0.1, 0.15) is 0 Å². The molecular weight excluding hydrogens is 410 g/mol. The van der Waals surface area contributed by atoms with Crippen molar-refractivity contribution in [3.63, 3.8) is 0 Å². The smallest absolute Gasteiger partial charge is 0.0708 e. The average Bonchev–Trinajstić information content (AvgIpc) is 3.24. The van der Waals surface area contributed by atoms with E-state index >= 15 is 0 Å². The molecule has 0 N–H and O–H groups in total. The Morgan fingerprint density at radius 2 is 1.03 bits per heavy atom. The largest absolute Gasteiger partial charge is 0.256 e. The van der Waals surface area contributed by atoms with Crippen molar-refractivity contribution < 1.29 is 0 Å². The second-order valence-electron chi connectivity index (χ2n) is 8.85. The van der Waals surface area contributed by atoms with Gasteiger partial charge in [0.25, 0.3) is 0 Å². The fraction of sp³-hybridized carbons (Fsp3) is 0. The summed E-state index contributed by atoms with van der Waals surface area (Å²) < 4.78 is 0. The van der Waals surface area contributed by atoms with Crippen molar-refractivity contribution >= 4 is 10.8 Å². The van der Waals surface area contributed by atoms with Crippen molar-refractivity contribution in [3.8, 4) is 55.8 Å². The average molecular weight is 432 g/mol. The lowest BCUT2D eigenvalue weighted by atomic mass is 9.94. The lowest BCUT2D eigenvalue weighted by Crippen LogP contribution is -1.87. The maximum Gasteiger partial charge on any atom is 0.0708 e. The first-order chi connectivity index (χ1) is 16.8. The third-order valence-electron chi connectivity index (χ3n) is 6.84. The van der Waals surface area contributed by atoms with E-state index in [0.717, 1.165) is 11.3 Å². The van der Waals surface area contributed by atoms with E-state index in [9.17, 15) is 0 Å². The van der Waals surface area contributed by atoms with Crippen molar-refractivity contribution in [2.75, 3.05) is 0 Å². The molecule has 0 spiro atoms. The van der Waals surface area contributed by atoms with Gasteiger partial charge in [0.2, 0.25) is 0 Å². The molecule has 0 bridgehead atoms. The van der Waals surface area contributed by atoms with Crippen molar-refractivity contribution in [3.05, 3.63) is 128 Å². The second kappa shape index (κ2) is 7.54. The first-order valence-corrected chi connectivity index (χ1v) is 11.6. The number of aromatic nitrogens is 1. The Bertz CT molecular complexity index is 1700. The van der Waals surface area contributed by atoms with E-state index in [0.29, 0.717) is 0 Å². The van der Waals surface area contributed by atoms with E-state index in [2.05, 4.69) is 120 Å². The normalized spacial score (nSPS) is 11.5. The molecule has 158 valence electrons. The lowest BCUT2D eigenvalue weighted by molar-refractivity contribution is 1.33. The highest BCUT2D eigenvalue weighted by Gasteiger charge is 2.21. The summed E-state index contributed by atoms with van der Waals surface area (Å²) in [7, 11) is 0. The molecule has 34 heavy (non-hydrogen) atoms. The number of rotatable bonds is 3. The first-order valence-electron chi connectivity index (χ1n) is 11.6. The Hall–Kier alpha value is -4.49. The van der Waals surface area contributed by atoms with Gasteiger partial charge in [-0.1, -0.05) is 91.0 Å². The zero-order valence-corrected chi connectivity index (χ0v) is 18.6. The number of nitrogens with zero attached hydrogens (tertiary/aromatic N) is 1. The van der Waals surface area contributed by atoms with Gasteiger partial charge in [-0.05, 0) is 85.6 Å². The van der Waals surface area contributed by atoms with Crippen molar-refractivity contribution in [2.24, 2.45) is 0 Å². The summed E-state index contributed by atoms with van der Waals surface area (Å²) in [5.74, 6) is 0. The minimum Gasteiger partial charge on any atom is -0.256 e. The van der Waals surface area contributed by atoms with Gasteiger partial charge in [0, 0.05) is 11.8 Å². The molecule has 0 fully saturated rings. The number of hydrogen-bond donors (Lipinski definition) is 0. The number of pyridine rings is 1. The summed E-state index contributed by atoms with van der Waals surface area (Å²) in [5.41, 5.74) is 12.3. The van der Waals surface area contributed by atoms with Gasteiger partial charge in [-0.25, -0.2) is 0 Å². The van der Waals surface area contributed by atoms with Crippen LogP contribution in [-0.4, -0.2) is 4.98 Å². The minimum atomic E-state index is 0.992. The second-order valence-corrected chi connectivity index (χ2v) is 8.85. The molecule has 1 heterocycles. The Labute approximate surface area is 199 Å². The Morgan fingerprint density at radius 1 is 0.382 bits per heavy atom. The summed E-state index contributed by atoms with van der Waals surface area (Å²) in [4.78, 5) is 4.60. The Morgan fingerprint density at radius 3 is 1.88 bits per heavy atom. The van der Waals surface area contributed by atoms with Crippen molar-refractivity contribution in [2.45, 2.75) is 0 Å². The highest BCUT2D eigenvalue weighted by atomic mass is 14.7. The molecule has 1 aromatic heterocycles. The molecule has 0 aliphatic heterocycles. The number of benzene rings is 5. The van der Waals surface area contributed by atoms with Crippen LogP contribution in [0.3, 0.4) is 0 Å². The predicted molar refractivity (Wildman–Crippen MR) is 142 cm³/mol. The summed E-state index contributed by atoms with van der Waals surface area (Å²) in [5, 5.41) is 2.66. The molecule has 5 aromatic carbocycles. The van der Waals surface area contributed by atoms with Gasteiger partial charge in [-0.15, -0.1) is 0 Å². The van der Waals surface area contributed by atoms with Gasteiger partial charge in [-0.2, -0.15) is 0 Å². The molecule has 1 heteroatoms. The molecule has 0 saturated carbocycles. The maximum atomic E-state index is 4.60. The van der Waals surface area contributed by atoms with E-state index in [1.165, 1.54) is 55.3 Å². The fourth-order valence-electron chi connectivity index (χ4n) is 5.24. The Kier molecular flexibility index (Phi) is 4.22. The minimum absolute atomic E-state index is 0.992. The van der Waals surface area contributed by atoms with Crippen LogP contribution in [0.15, 0.2) is 128 Å². The summed E-state index contributed by atoms with van der Waals surface area (Å²) in [6, 6.07) is 43.5. The molecule has 0 unspecified atom stereocenters. The van der Waals surface area contributed by atoms with Crippen LogP contribution in [0.5, 0.6) is 0 Å². The van der Waals surface area contributed by atoms with Crippen LogP contribution < -0.4 is 0 Å². The van der Waals surface area contributed by atoms with Crippen LogP contribution in [0, 0.1) is 0 Å². The third-order valence-corrected chi connectivity index (χ3v) is 6.84. The predicted octanol–water partition coefficient (Wildman–Crippen LogP) is 8.88. The Balaban J connectivity index is 1.36. The van der Waals surface area contributed by atoms with Crippen LogP contribution in [0.25, 0.3) is 66.5 Å². The van der Waals surface area contributed by atoms with Gasteiger partial charge in [0.1, 0.15) is 0 Å². The lowest BCUT2D eigenvalue weighted by Gasteiger charge is -2.10. The van der Waals surface area contributed by atoms with E-state index in [1.807, 2.05) is 12.3 Å². The molecule has 6 aromatic rings. The monoisotopic (exact) mass is 431 g/mol. The standard InChI is InChI=1S/C33H21N/c1-2-8-22(9-3-1)32-21-25(16-17-34-32)23-10-6-11-24(18-23)27-19-26-12-7-15-30-28-13-4-5-14-29(28)31(20-27)33(26)30/h1-21H. The zero-order valence-electron chi connectivity index (χ0n) is 18.6. The molecular formula is C33H21N. The third kappa shape index (κ3) is 2.98. The fourth-order valence-corrected chi connectivity index (χ4v) is 5.24. The van der Waals surface area contributed by atoms with Gasteiger partial charge >= 0.3 is 0 Å². The first kappa shape index (κ1) is 19.0. The highest BCUT2D eigenvalue weighted by molar-refractivity contribution is 6.16. The van der Waals surface area contributed by atoms with Crippen LogP contribution in [0.2, 0.25) is 0 Å². The van der Waals surface area contributed by atoms with Gasteiger partial charge in [-0.3, -0.25) is 4.98 Å². The quantitative estimate of drug-likeness (QED) is 0.272. The van der Waals surface area contributed by atoms with E-state index in [1.54, 1.807) is 0 Å². The van der Waals surface area contributed by atoms with Crippen molar-refractivity contribution in [1.29, 1.82) is 0 Å². The number of hydrogen-bond acceptors (Lipinski definition) is 1. The van der Waals surface area contributed by atoms with Gasteiger partial charge < -0.3 is 0 Å². The van der Waals surface area contributed by atoms with E-state index in [-0.39, 0.29) is 0 Å². The van der Waals surface area contributed by atoms with Crippen LogP contribution >= 0.6 is 0 Å². The van der Waals surface area contributed by atoms with E-state index in [4.69, 9.17) is 0 Å². The molecule has 0 amide bonds. The molecule has 0 radical (unpaired) electrons. The highest BCUT2D eigenvalue weighted by Crippen LogP contribution is 2.48. The number of fused-ring (bicyclic) bond motifs is 3. The zero-order chi connectivity index (χ0) is 22.5. The van der Waals surface area contributed by atoms with Gasteiger partial charge in [0.15, 0.2) is 0 Å². The summed E-state index contributed by atoms with van der Waals surface area (Å²) in [6.45, 7) is 0. The SMILES string of the molecule is c1ccc(-c2cc(-c3cccc(-c4cc5c6c(cccc6c4)-c4ccccc4-5)c3)ccn2)cc1. The molecule has 1 nitrogen and oxygen atoms in total. The molecule has 1 aliphatic rings. The maximum absolute atomic E-state index is 4.60. The van der Waals surface area contributed by atoms with Crippen LogP contribution in [0.4, 0.5) is 0 Å². The molecule has 0 atom stereocenters. The van der Waals surface area contributed by atoms with Crippen LogP contribution in [-0.2, 0) is 0 Å². The molecule has 0 saturated heterocycles. The summed E-state index contributed by atoms with van der Waals surface area (Å²) in [6.07, 6.45) is 1.90.